The number of methoxy groups -OCH3 is 1. The maximum atomic E-state index is 13.0. The largest absolute Gasteiger partial charge is 0.497 e. The van der Waals surface area contributed by atoms with Gasteiger partial charge in [0.2, 0.25) is 19.7 Å². The zero-order valence-electron chi connectivity index (χ0n) is 20.1. The molecule has 0 amide bonds. The molecule has 0 fully saturated rings. The van der Waals surface area contributed by atoms with Gasteiger partial charge in [-0.15, -0.1) is 0 Å². The van der Waals surface area contributed by atoms with Crippen LogP contribution in [0.25, 0.3) is 0 Å². The van der Waals surface area contributed by atoms with Crippen molar-refractivity contribution >= 4 is 29.8 Å². The Labute approximate surface area is 220 Å². The molecule has 0 spiro atoms. The van der Waals surface area contributed by atoms with Crippen molar-refractivity contribution in [2.24, 2.45) is 0 Å². The zero-order valence-corrected chi connectivity index (χ0v) is 22.5. The Morgan fingerprint density at radius 1 is 0.553 bits per heavy atom. The predicted molar refractivity (Wildman–Crippen MR) is 138 cm³/mol. The van der Waals surface area contributed by atoms with Crippen molar-refractivity contribution in [1.82, 2.24) is 0 Å². The first kappa shape index (κ1) is 27.3. The zero-order chi connectivity index (χ0) is 27.7. The molecular weight excluding hydrogens is 552 g/mol. The van der Waals surface area contributed by atoms with E-state index in [0.29, 0.717) is 11.5 Å². The van der Waals surface area contributed by atoms with E-state index in [4.69, 9.17) is 9.47 Å². The lowest BCUT2D eigenvalue weighted by Crippen LogP contribution is -2.06. The van der Waals surface area contributed by atoms with Crippen LogP contribution in [0, 0.1) is 6.92 Å². The van der Waals surface area contributed by atoms with E-state index in [-0.39, 0.29) is 30.9 Å². The first-order valence-corrected chi connectivity index (χ1v) is 15.3. The van der Waals surface area contributed by atoms with Crippen LogP contribution < -0.4 is 9.47 Å². The minimum absolute atomic E-state index is 0.0684. The van der Waals surface area contributed by atoms with Gasteiger partial charge in [0, 0.05) is 0 Å². The topological polar surface area (TPSA) is 141 Å². The minimum Gasteiger partial charge on any atom is -0.497 e. The molecule has 0 saturated heterocycles. The molecule has 9 nitrogen and oxygen atoms in total. The second-order valence-corrected chi connectivity index (χ2v) is 13.4. The maximum absolute atomic E-state index is 13.0. The van der Waals surface area contributed by atoms with Crippen LogP contribution >= 0.6 is 0 Å². The lowest BCUT2D eigenvalue weighted by Gasteiger charge is -2.10. The molecule has 198 valence electrons. The normalized spacial score (nSPS) is 12.2. The fourth-order valence-corrected chi connectivity index (χ4v) is 6.94. The highest BCUT2D eigenvalue weighted by atomic mass is 32.2. The minimum atomic E-state index is -4.60. The van der Waals surface area contributed by atoms with Crippen molar-refractivity contribution in [2.45, 2.75) is 31.4 Å². The molecule has 0 radical (unpaired) electrons. The summed E-state index contributed by atoms with van der Waals surface area (Å²) in [5.41, 5.74) is 0.206. The van der Waals surface area contributed by atoms with Crippen LogP contribution in [-0.4, -0.2) is 36.9 Å². The molecule has 4 rings (SSSR count). The van der Waals surface area contributed by atoms with Crippen LogP contribution in [0.1, 0.15) is 5.56 Å². The predicted octanol–water partition coefficient (Wildman–Crippen LogP) is 4.71. The average Bonchev–Trinajstić information content (AvgIpc) is 2.89. The molecule has 0 unspecified atom stereocenters. The molecule has 0 atom stereocenters. The molecule has 0 aliphatic carbocycles. The van der Waals surface area contributed by atoms with E-state index in [9.17, 15) is 29.8 Å². The summed E-state index contributed by atoms with van der Waals surface area (Å²) in [5, 5.41) is 0. The Balaban J connectivity index is 1.53. The maximum Gasteiger partial charge on any atom is 0.294 e. The molecule has 0 saturated carbocycles. The molecule has 0 aliphatic heterocycles. The van der Waals surface area contributed by atoms with Gasteiger partial charge in [-0.2, -0.15) is 8.42 Å². The van der Waals surface area contributed by atoms with Gasteiger partial charge in [0.15, 0.2) is 0 Å². The van der Waals surface area contributed by atoms with Gasteiger partial charge < -0.3 is 9.47 Å². The Morgan fingerprint density at radius 2 is 0.921 bits per heavy atom. The Bertz CT molecular complexity index is 1790. The first-order valence-electron chi connectivity index (χ1n) is 10.9. The fourth-order valence-electron chi connectivity index (χ4n) is 3.56. The summed E-state index contributed by atoms with van der Waals surface area (Å²) in [5.74, 6) is 1.15. The van der Waals surface area contributed by atoms with Gasteiger partial charge in [-0.3, -0.25) is 4.55 Å². The van der Waals surface area contributed by atoms with Crippen LogP contribution in [0.2, 0.25) is 0 Å². The van der Waals surface area contributed by atoms with Gasteiger partial charge in [0.05, 0.1) is 31.6 Å². The third-order valence-corrected chi connectivity index (χ3v) is 10.2. The number of rotatable bonds is 8. The second-order valence-electron chi connectivity index (χ2n) is 8.13. The summed E-state index contributed by atoms with van der Waals surface area (Å²) in [4.78, 5) is -0.718. The van der Waals surface area contributed by atoms with Crippen molar-refractivity contribution in [3.63, 3.8) is 0 Å². The quantitative estimate of drug-likeness (QED) is 0.296. The number of aryl methyl sites for hydroxylation is 1. The van der Waals surface area contributed by atoms with Gasteiger partial charge in [0.25, 0.3) is 10.1 Å². The smallest absolute Gasteiger partial charge is 0.294 e. The highest BCUT2D eigenvalue weighted by Gasteiger charge is 2.22. The summed E-state index contributed by atoms with van der Waals surface area (Å²) in [7, 11) is -10.9. The number of hydrogen-bond donors (Lipinski definition) is 1. The second kappa shape index (κ2) is 10.2. The molecule has 12 heteroatoms. The molecule has 4 aromatic carbocycles. The number of sulfone groups is 2. The van der Waals surface area contributed by atoms with Crippen LogP contribution in [-0.2, 0) is 29.8 Å². The fraction of sp³-hybridized carbons (Fsp3) is 0.0769. The first-order chi connectivity index (χ1) is 17.8. The molecule has 0 heterocycles. The molecular formula is C26H22O9S3. The summed E-state index contributed by atoms with van der Waals surface area (Å²) < 4.78 is 95.0. The van der Waals surface area contributed by atoms with E-state index in [1.165, 1.54) is 86.8 Å². The molecule has 4 aromatic rings. The van der Waals surface area contributed by atoms with Crippen molar-refractivity contribution in [1.29, 1.82) is 0 Å². The number of ether oxygens (including phenoxy) is 2. The third kappa shape index (κ3) is 5.58. The average molecular weight is 575 g/mol. The molecule has 0 aliphatic rings. The van der Waals surface area contributed by atoms with Crippen molar-refractivity contribution < 1.29 is 39.3 Å². The molecule has 1 N–H and O–H groups in total. The number of hydrogen-bond acceptors (Lipinski definition) is 8. The van der Waals surface area contributed by atoms with Gasteiger partial charge in [0.1, 0.15) is 17.2 Å². The Hall–Kier alpha value is -3.71. The van der Waals surface area contributed by atoms with Gasteiger partial charge >= 0.3 is 0 Å². The van der Waals surface area contributed by atoms with Crippen molar-refractivity contribution in [2.75, 3.05) is 7.11 Å². The summed E-state index contributed by atoms with van der Waals surface area (Å²) in [6.45, 7) is 1.44. The Kier molecular flexibility index (Phi) is 7.35. The molecule has 0 aromatic heterocycles. The van der Waals surface area contributed by atoms with Crippen molar-refractivity contribution in [3.05, 3.63) is 96.6 Å². The number of benzene rings is 4. The van der Waals surface area contributed by atoms with E-state index in [1.807, 2.05) is 0 Å². The van der Waals surface area contributed by atoms with Gasteiger partial charge in [-0.05, 0) is 97.4 Å². The Morgan fingerprint density at radius 3 is 1.32 bits per heavy atom. The highest BCUT2D eigenvalue weighted by Crippen LogP contribution is 2.30. The monoisotopic (exact) mass is 574 g/mol. The van der Waals surface area contributed by atoms with Crippen LogP contribution in [0.4, 0.5) is 0 Å². The van der Waals surface area contributed by atoms with E-state index < -0.39 is 34.7 Å². The van der Waals surface area contributed by atoms with Crippen molar-refractivity contribution in [3.8, 4) is 17.2 Å². The van der Waals surface area contributed by atoms with E-state index in [0.717, 1.165) is 6.07 Å². The van der Waals surface area contributed by atoms with Gasteiger partial charge in [-0.1, -0.05) is 6.07 Å². The standard InChI is InChI=1S/C26H22O9S3/c1-18-3-10-25(17-26(18)38(31,32)33)37(29,30)24-15-8-21(9-16-24)35-20-6-13-23(14-7-20)36(27,28)22-11-4-19(34-2)5-12-22/h3-17H,1-2H3,(H,31,32,33). The van der Waals surface area contributed by atoms with Crippen LogP contribution in [0.5, 0.6) is 17.2 Å². The van der Waals surface area contributed by atoms with E-state index in [1.54, 1.807) is 12.1 Å². The summed E-state index contributed by atoms with van der Waals surface area (Å²) >= 11 is 0. The molecule has 0 bridgehead atoms. The summed E-state index contributed by atoms with van der Waals surface area (Å²) in [6.07, 6.45) is 0. The lowest BCUT2D eigenvalue weighted by atomic mass is 10.2. The summed E-state index contributed by atoms with van der Waals surface area (Å²) in [6, 6.07) is 20.6. The van der Waals surface area contributed by atoms with Crippen LogP contribution in [0.3, 0.4) is 0 Å². The lowest BCUT2D eigenvalue weighted by molar-refractivity contribution is 0.414. The highest BCUT2D eigenvalue weighted by molar-refractivity contribution is 7.92. The molecule has 38 heavy (non-hydrogen) atoms. The van der Waals surface area contributed by atoms with Crippen LogP contribution in [0.15, 0.2) is 115 Å². The van der Waals surface area contributed by atoms with Gasteiger partial charge in [-0.25, -0.2) is 16.8 Å². The third-order valence-electron chi connectivity index (χ3n) is 5.62. The van der Waals surface area contributed by atoms with E-state index in [2.05, 4.69) is 0 Å². The SMILES string of the molecule is COc1ccc(S(=O)(=O)c2ccc(Oc3ccc(S(=O)(=O)c4ccc(C)c(S(=O)(=O)O)c4)cc3)cc2)cc1. The van der Waals surface area contributed by atoms with E-state index >= 15 is 0 Å².